The number of hydrogen-bond acceptors (Lipinski definition) is 6. The second-order valence-electron chi connectivity index (χ2n) is 8.69. The van der Waals surface area contributed by atoms with Gasteiger partial charge in [0.25, 0.3) is 23.7 Å². The van der Waals surface area contributed by atoms with Crippen LogP contribution < -0.4 is 0 Å². The molecule has 0 radical (unpaired) electrons. The van der Waals surface area contributed by atoms with Crippen molar-refractivity contribution in [1.29, 1.82) is 0 Å². The Morgan fingerprint density at radius 3 is 2.44 bits per heavy atom. The maximum absolute atomic E-state index is 13.1. The zero-order valence-electron chi connectivity index (χ0n) is 19.3. The smallest absolute Gasteiger partial charge is 0.333 e. The fourth-order valence-electron chi connectivity index (χ4n) is 4.60. The van der Waals surface area contributed by atoms with E-state index >= 15 is 0 Å². The number of carbonyl (C=O) groups excluding carboxylic acids is 3. The molecule has 0 spiro atoms. The largest absolute Gasteiger partial charge is 0.459 e. The summed E-state index contributed by atoms with van der Waals surface area (Å²) in [7, 11) is 3.16. The van der Waals surface area contributed by atoms with Crippen molar-refractivity contribution >= 4 is 29.5 Å². The van der Waals surface area contributed by atoms with Gasteiger partial charge in [0.2, 0.25) is 0 Å². The molecule has 3 aliphatic rings. The number of hydrogen-bond donors (Lipinski definition) is 0. The second kappa shape index (κ2) is 8.86. The number of furan rings is 1. The van der Waals surface area contributed by atoms with Gasteiger partial charge in [-0.1, -0.05) is 30.3 Å². The van der Waals surface area contributed by atoms with Crippen LogP contribution in [0.2, 0.25) is 0 Å². The zero-order valence-corrected chi connectivity index (χ0v) is 19.3. The average molecular weight is 464 g/mol. The monoisotopic (exact) mass is 463 g/mol. The first-order valence-corrected chi connectivity index (χ1v) is 11.3. The number of nitrogens with zero attached hydrogens (tertiary/aromatic N) is 6. The number of piperazine rings is 1. The minimum atomic E-state index is -0.635. The lowest BCUT2D eigenvalue weighted by molar-refractivity contribution is -0.552. The fourth-order valence-corrected chi connectivity index (χ4v) is 4.60. The normalized spacial score (nSPS) is 21.3. The van der Waals surface area contributed by atoms with Crippen LogP contribution in [0.1, 0.15) is 16.1 Å². The van der Waals surface area contributed by atoms with E-state index in [0.29, 0.717) is 50.9 Å². The van der Waals surface area contributed by atoms with Crippen molar-refractivity contribution in [3.05, 3.63) is 60.1 Å². The Morgan fingerprint density at radius 2 is 1.76 bits per heavy atom. The van der Waals surface area contributed by atoms with Gasteiger partial charge in [-0.3, -0.25) is 24.3 Å². The zero-order chi connectivity index (χ0) is 23.8. The van der Waals surface area contributed by atoms with E-state index in [9.17, 15) is 14.4 Å². The Hall–Kier alpha value is -3.79. The summed E-state index contributed by atoms with van der Waals surface area (Å²) in [6.45, 7) is 3.53. The van der Waals surface area contributed by atoms with E-state index in [1.807, 2.05) is 34.9 Å². The number of benzene rings is 1. The summed E-state index contributed by atoms with van der Waals surface area (Å²) in [5, 5.41) is 0. The molecule has 176 valence electrons. The number of amidine groups is 2. The third-order valence-electron chi connectivity index (χ3n) is 6.57. The molecule has 10 nitrogen and oxygen atoms in total. The first-order chi connectivity index (χ1) is 16.4. The molecule has 10 heteroatoms. The van der Waals surface area contributed by atoms with E-state index in [1.54, 1.807) is 24.1 Å². The van der Waals surface area contributed by atoms with E-state index in [-0.39, 0.29) is 17.8 Å². The Kier molecular flexibility index (Phi) is 5.74. The van der Waals surface area contributed by atoms with Crippen molar-refractivity contribution in [3.8, 4) is 0 Å². The van der Waals surface area contributed by atoms with Gasteiger partial charge in [0, 0.05) is 40.3 Å². The van der Waals surface area contributed by atoms with Gasteiger partial charge in [0.05, 0.1) is 6.26 Å². The van der Waals surface area contributed by atoms with Gasteiger partial charge < -0.3 is 9.32 Å². The maximum atomic E-state index is 13.1. The minimum Gasteiger partial charge on any atom is -0.459 e. The van der Waals surface area contributed by atoms with Gasteiger partial charge in [-0.25, -0.2) is 9.37 Å². The van der Waals surface area contributed by atoms with Crippen LogP contribution in [0.25, 0.3) is 0 Å². The maximum Gasteiger partial charge on any atom is 0.333 e. The predicted octanol–water partition coefficient (Wildman–Crippen LogP) is 0.953. The van der Waals surface area contributed by atoms with E-state index < -0.39 is 6.04 Å². The van der Waals surface area contributed by atoms with E-state index in [0.717, 1.165) is 16.3 Å². The first-order valence-electron chi connectivity index (χ1n) is 11.3. The lowest BCUT2D eigenvalue weighted by atomic mass is 10.1. The van der Waals surface area contributed by atoms with Crippen molar-refractivity contribution in [2.24, 2.45) is 4.99 Å². The highest BCUT2D eigenvalue weighted by atomic mass is 16.3. The van der Waals surface area contributed by atoms with Crippen LogP contribution >= 0.6 is 0 Å². The molecule has 5 rings (SSSR count). The molecule has 2 aromatic rings. The molecule has 2 saturated heterocycles. The topological polar surface area (TPSA) is 92.7 Å². The number of rotatable bonds is 5. The SMILES string of the molecule is CN1C(=O)C2C(=NC(CN3CCN(C(=O)c4ccco4)CC3)=[N+]2Cc2ccccc2)N(C)C1=O. The molecule has 0 bridgehead atoms. The molecule has 0 saturated carbocycles. The van der Waals surface area contributed by atoms with Crippen molar-refractivity contribution < 1.29 is 23.4 Å². The number of urea groups is 1. The number of fused-ring (bicyclic) bond motifs is 1. The Bertz CT molecular complexity index is 1170. The summed E-state index contributed by atoms with van der Waals surface area (Å²) in [5.74, 6) is 1.17. The first kappa shape index (κ1) is 22.0. The summed E-state index contributed by atoms with van der Waals surface area (Å²) in [6.07, 6.45) is 1.50. The van der Waals surface area contributed by atoms with Crippen LogP contribution in [0.4, 0.5) is 4.79 Å². The second-order valence-corrected chi connectivity index (χ2v) is 8.69. The number of likely N-dealkylation sites (N-methyl/N-ethyl adjacent to an activating group) is 2. The molecule has 1 aromatic carbocycles. The van der Waals surface area contributed by atoms with Crippen LogP contribution in [-0.2, 0) is 11.3 Å². The number of amides is 4. The molecule has 3 aliphatic heterocycles. The molecule has 4 amide bonds. The summed E-state index contributed by atoms with van der Waals surface area (Å²) < 4.78 is 7.24. The van der Waals surface area contributed by atoms with Crippen LogP contribution in [0.3, 0.4) is 0 Å². The third kappa shape index (κ3) is 3.90. The molecular formula is C24H27N6O4+. The fraction of sp³-hybridized carbons (Fsp3) is 0.375. The summed E-state index contributed by atoms with van der Waals surface area (Å²) in [6, 6.07) is 12.3. The molecule has 0 N–H and O–H groups in total. The molecule has 1 atom stereocenters. The van der Waals surface area contributed by atoms with Gasteiger partial charge in [0.1, 0.15) is 13.1 Å². The number of aliphatic imine (C=N–C) groups is 1. The van der Waals surface area contributed by atoms with Crippen molar-refractivity contribution in [2.75, 3.05) is 46.8 Å². The Labute approximate surface area is 197 Å². The molecule has 2 fully saturated rings. The van der Waals surface area contributed by atoms with Gasteiger partial charge in [-0.2, -0.15) is 0 Å². The number of imide groups is 1. The molecule has 34 heavy (non-hydrogen) atoms. The van der Waals surface area contributed by atoms with E-state index in [1.165, 1.54) is 18.2 Å². The van der Waals surface area contributed by atoms with Crippen molar-refractivity contribution in [2.45, 2.75) is 12.6 Å². The van der Waals surface area contributed by atoms with Gasteiger partial charge in [-0.15, -0.1) is 0 Å². The number of carbonyl (C=O) groups is 3. The highest BCUT2D eigenvalue weighted by molar-refractivity contribution is 6.23. The highest BCUT2D eigenvalue weighted by Gasteiger charge is 2.53. The quantitative estimate of drug-likeness (QED) is 0.616. The van der Waals surface area contributed by atoms with Gasteiger partial charge in [0.15, 0.2) is 5.76 Å². The lowest BCUT2D eigenvalue weighted by Crippen LogP contribution is -2.61. The van der Waals surface area contributed by atoms with Crippen LogP contribution in [-0.4, -0.2) is 107 Å². The van der Waals surface area contributed by atoms with Gasteiger partial charge in [-0.05, 0) is 22.7 Å². The molecule has 1 unspecified atom stereocenters. The molecule has 1 aromatic heterocycles. The van der Waals surface area contributed by atoms with Crippen LogP contribution in [0.15, 0.2) is 58.1 Å². The van der Waals surface area contributed by atoms with E-state index in [4.69, 9.17) is 9.41 Å². The van der Waals surface area contributed by atoms with Crippen LogP contribution in [0, 0.1) is 0 Å². The Balaban J connectivity index is 1.36. The summed E-state index contributed by atoms with van der Waals surface area (Å²) in [4.78, 5) is 49.6. The van der Waals surface area contributed by atoms with Gasteiger partial charge >= 0.3 is 11.9 Å². The van der Waals surface area contributed by atoms with Crippen molar-refractivity contribution in [1.82, 2.24) is 19.6 Å². The standard InChI is InChI=1S/C24H27N6O4/c1-26-21-20(23(32)27(2)24(26)33)30(15-17-7-4-3-5-8-17)19(25-21)16-28-10-12-29(13-11-28)22(31)18-9-6-14-34-18/h3-9,14,20H,10-13,15-16H2,1-2H3/q+1. The predicted molar refractivity (Wildman–Crippen MR) is 124 cm³/mol. The van der Waals surface area contributed by atoms with E-state index in [2.05, 4.69) is 4.90 Å². The summed E-state index contributed by atoms with van der Waals surface area (Å²) >= 11 is 0. The lowest BCUT2D eigenvalue weighted by Gasteiger charge is -2.33. The molecule has 0 aliphatic carbocycles. The highest BCUT2D eigenvalue weighted by Crippen LogP contribution is 2.21. The van der Waals surface area contributed by atoms with Crippen LogP contribution in [0.5, 0.6) is 0 Å². The molecule has 4 heterocycles. The van der Waals surface area contributed by atoms with Crippen molar-refractivity contribution in [3.63, 3.8) is 0 Å². The third-order valence-corrected chi connectivity index (χ3v) is 6.57. The average Bonchev–Trinajstić information content (AvgIpc) is 3.51. The molecular weight excluding hydrogens is 436 g/mol. The Morgan fingerprint density at radius 1 is 1.03 bits per heavy atom. The summed E-state index contributed by atoms with van der Waals surface area (Å²) in [5.41, 5.74) is 1.06. The minimum absolute atomic E-state index is 0.107.